The summed E-state index contributed by atoms with van der Waals surface area (Å²) in [6.07, 6.45) is 3.67. The first-order chi connectivity index (χ1) is 5.79. The zero-order valence-corrected chi connectivity index (χ0v) is 6.45. The maximum absolute atomic E-state index is 10.8. The van der Waals surface area contributed by atoms with Crippen LogP contribution in [0.3, 0.4) is 0 Å². The molecule has 1 N–H and O–H groups in total. The van der Waals surface area contributed by atoms with Gasteiger partial charge in [0.2, 0.25) is 5.91 Å². The van der Waals surface area contributed by atoms with E-state index in [0.29, 0.717) is 0 Å². The zero-order chi connectivity index (χ0) is 8.55. The Bertz CT molecular complexity index is 355. The van der Waals surface area contributed by atoms with E-state index in [1.807, 2.05) is 30.3 Å². The third kappa shape index (κ3) is 0.925. The molecule has 2 nitrogen and oxygen atoms in total. The Morgan fingerprint density at radius 3 is 2.83 bits per heavy atom. The van der Waals surface area contributed by atoms with E-state index in [0.717, 1.165) is 11.1 Å². The van der Waals surface area contributed by atoms with E-state index in [2.05, 4.69) is 0 Å². The van der Waals surface area contributed by atoms with E-state index in [1.165, 1.54) is 0 Å². The van der Waals surface area contributed by atoms with Crippen molar-refractivity contribution >= 4 is 12.0 Å². The van der Waals surface area contributed by atoms with E-state index in [1.54, 1.807) is 6.08 Å². The number of benzene rings is 1. The molecule has 2 heteroatoms. The number of rotatable bonds is 1. The molecule has 2 rings (SSSR count). The molecule has 1 aliphatic carbocycles. The lowest BCUT2D eigenvalue weighted by molar-refractivity contribution is -0.119. The molecule has 1 radical (unpaired) electrons. The molecule has 0 saturated heterocycles. The van der Waals surface area contributed by atoms with E-state index >= 15 is 0 Å². The zero-order valence-electron chi connectivity index (χ0n) is 6.45. The van der Waals surface area contributed by atoms with Gasteiger partial charge in [-0.2, -0.15) is 0 Å². The van der Waals surface area contributed by atoms with Gasteiger partial charge < -0.3 is 0 Å². The van der Waals surface area contributed by atoms with E-state index in [-0.39, 0.29) is 5.92 Å². The van der Waals surface area contributed by atoms with Crippen LogP contribution in [0.5, 0.6) is 0 Å². The largest absolute Gasteiger partial charge is 0.272 e. The molecular weight excluding hydrogens is 150 g/mol. The standard InChI is InChI=1S/C10H8NO/c11-10(12)9-6-5-7-3-1-2-4-8(7)9/h1-6,9,11H. The van der Waals surface area contributed by atoms with Crippen LogP contribution in [-0.2, 0) is 4.79 Å². The number of hydrogen-bond donors (Lipinski definition) is 0. The summed E-state index contributed by atoms with van der Waals surface area (Å²) in [5.41, 5.74) is 9.03. The number of nitrogens with one attached hydrogen (secondary N) is 1. The topological polar surface area (TPSA) is 40.9 Å². The monoisotopic (exact) mass is 158 g/mol. The van der Waals surface area contributed by atoms with Crippen molar-refractivity contribution in [1.29, 1.82) is 0 Å². The van der Waals surface area contributed by atoms with E-state index in [9.17, 15) is 4.79 Å². The first-order valence-corrected chi connectivity index (χ1v) is 3.81. The quantitative estimate of drug-likeness (QED) is 0.612. The summed E-state index contributed by atoms with van der Waals surface area (Å²) in [4.78, 5) is 10.8. The van der Waals surface area contributed by atoms with Crippen LogP contribution >= 0.6 is 0 Å². The van der Waals surface area contributed by atoms with Crippen molar-refractivity contribution in [2.24, 2.45) is 0 Å². The fraction of sp³-hybridized carbons (Fsp3) is 0.100. The smallest absolute Gasteiger partial charge is 0.249 e. The maximum Gasteiger partial charge on any atom is 0.249 e. The van der Waals surface area contributed by atoms with Crippen LogP contribution in [0.1, 0.15) is 17.0 Å². The van der Waals surface area contributed by atoms with Gasteiger partial charge in [-0.1, -0.05) is 36.4 Å². The lowest BCUT2D eigenvalue weighted by Gasteiger charge is -2.04. The first-order valence-electron chi connectivity index (χ1n) is 3.81. The van der Waals surface area contributed by atoms with Gasteiger partial charge in [-0.05, 0) is 11.1 Å². The third-order valence-corrected chi connectivity index (χ3v) is 2.08. The van der Waals surface area contributed by atoms with E-state index in [4.69, 9.17) is 5.73 Å². The molecule has 0 saturated carbocycles. The van der Waals surface area contributed by atoms with Crippen LogP contribution in [0.25, 0.3) is 6.08 Å². The Kier molecular flexibility index (Phi) is 1.47. The molecule has 1 aromatic rings. The van der Waals surface area contributed by atoms with Gasteiger partial charge in [0.1, 0.15) is 0 Å². The highest BCUT2D eigenvalue weighted by molar-refractivity contribution is 5.88. The number of carbonyl (C=O) groups excluding carboxylic acids is 1. The predicted octanol–water partition coefficient (Wildman–Crippen LogP) is 1.61. The second kappa shape index (κ2) is 2.48. The molecule has 1 atom stereocenters. The SMILES string of the molecule is [NH]C(=O)C1C=Cc2ccccc21. The second-order valence-electron chi connectivity index (χ2n) is 2.83. The number of carbonyl (C=O) groups is 1. The molecule has 0 heterocycles. The van der Waals surface area contributed by atoms with Crippen LogP contribution in [-0.4, -0.2) is 5.91 Å². The normalized spacial score (nSPS) is 19.2. The van der Waals surface area contributed by atoms with Crippen molar-refractivity contribution in [1.82, 2.24) is 5.73 Å². The minimum Gasteiger partial charge on any atom is -0.272 e. The summed E-state index contributed by atoms with van der Waals surface area (Å²) in [5, 5.41) is 0. The Morgan fingerprint density at radius 2 is 2.08 bits per heavy atom. The highest BCUT2D eigenvalue weighted by atomic mass is 16.1. The van der Waals surface area contributed by atoms with Crippen LogP contribution < -0.4 is 5.73 Å². The van der Waals surface area contributed by atoms with Crippen molar-refractivity contribution < 1.29 is 4.79 Å². The fourth-order valence-corrected chi connectivity index (χ4v) is 1.48. The first kappa shape index (κ1) is 7.10. The number of fused-ring (bicyclic) bond motifs is 1. The van der Waals surface area contributed by atoms with Gasteiger partial charge in [0.15, 0.2) is 0 Å². The minimum atomic E-state index is -0.531. The van der Waals surface area contributed by atoms with Gasteiger partial charge in [-0.3, -0.25) is 10.5 Å². The molecule has 1 aromatic carbocycles. The molecular formula is C10H8NO. The molecule has 1 amide bonds. The van der Waals surface area contributed by atoms with Gasteiger partial charge in [-0.15, -0.1) is 0 Å². The van der Waals surface area contributed by atoms with Crippen LogP contribution in [0, 0.1) is 0 Å². The van der Waals surface area contributed by atoms with Gasteiger partial charge in [0.05, 0.1) is 5.92 Å². The van der Waals surface area contributed by atoms with Crippen LogP contribution in [0.4, 0.5) is 0 Å². The summed E-state index contributed by atoms with van der Waals surface area (Å²) < 4.78 is 0. The Hall–Kier alpha value is -1.57. The lowest BCUT2D eigenvalue weighted by Crippen LogP contribution is -2.08. The van der Waals surface area contributed by atoms with Gasteiger partial charge in [0.25, 0.3) is 0 Å². The maximum atomic E-state index is 10.8. The molecule has 0 bridgehead atoms. The molecule has 1 aliphatic rings. The fourth-order valence-electron chi connectivity index (χ4n) is 1.48. The Morgan fingerprint density at radius 1 is 1.33 bits per heavy atom. The minimum absolute atomic E-state index is 0.332. The average molecular weight is 158 g/mol. The van der Waals surface area contributed by atoms with Crippen molar-refractivity contribution in [3.63, 3.8) is 0 Å². The third-order valence-electron chi connectivity index (χ3n) is 2.08. The van der Waals surface area contributed by atoms with Crippen molar-refractivity contribution in [3.05, 3.63) is 41.5 Å². The van der Waals surface area contributed by atoms with Crippen LogP contribution in [0.15, 0.2) is 30.3 Å². The molecule has 0 aliphatic heterocycles. The van der Waals surface area contributed by atoms with Crippen LogP contribution in [0.2, 0.25) is 0 Å². The highest BCUT2D eigenvalue weighted by Gasteiger charge is 2.21. The van der Waals surface area contributed by atoms with Gasteiger partial charge in [0, 0.05) is 0 Å². The molecule has 1 unspecified atom stereocenters. The highest BCUT2D eigenvalue weighted by Crippen LogP contribution is 2.29. The summed E-state index contributed by atoms with van der Waals surface area (Å²) in [7, 11) is 0. The van der Waals surface area contributed by atoms with Gasteiger partial charge >= 0.3 is 0 Å². The average Bonchev–Trinajstić information content (AvgIpc) is 2.47. The van der Waals surface area contributed by atoms with Crippen molar-refractivity contribution in [3.8, 4) is 0 Å². The lowest BCUT2D eigenvalue weighted by atomic mass is 10.0. The summed E-state index contributed by atoms with van der Waals surface area (Å²) in [6.45, 7) is 0. The van der Waals surface area contributed by atoms with E-state index < -0.39 is 5.91 Å². The Balaban J connectivity index is 2.49. The second-order valence-corrected chi connectivity index (χ2v) is 2.83. The van der Waals surface area contributed by atoms with Crippen molar-refractivity contribution in [2.75, 3.05) is 0 Å². The number of hydrogen-bond acceptors (Lipinski definition) is 1. The Labute approximate surface area is 70.7 Å². The number of amides is 1. The predicted molar refractivity (Wildman–Crippen MR) is 46.3 cm³/mol. The molecule has 0 aromatic heterocycles. The molecule has 0 spiro atoms. The molecule has 0 fully saturated rings. The molecule has 59 valence electrons. The molecule has 12 heavy (non-hydrogen) atoms. The van der Waals surface area contributed by atoms with Crippen molar-refractivity contribution in [2.45, 2.75) is 5.92 Å². The summed E-state index contributed by atoms with van der Waals surface area (Å²) in [5.74, 6) is -0.864. The summed E-state index contributed by atoms with van der Waals surface area (Å²) in [6, 6.07) is 7.67. The van der Waals surface area contributed by atoms with Gasteiger partial charge in [-0.25, -0.2) is 0 Å². The summed E-state index contributed by atoms with van der Waals surface area (Å²) >= 11 is 0.